The average Bonchev–Trinajstić information content (AvgIpc) is 2.71. The Balaban J connectivity index is 1.62. The molecule has 2 heteroatoms. The lowest BCUT2D eigenvalue weighted by Crippen LogP contribution is -2.04. The third-order valence-corrected chi connectivity index (χ3v) is 4.72. The van der Waals surface area contributed by atoms with Crippen LogP contribution in [0.15, 0.2) is 91.0 Å². The van der Waals surface area contributed by atoms with Gasteiger partial charge in [-0.2, -0.15) is 0 Å². The summed E-state index contributed by atoms with van der Waals surface area (Å²) >= 11 is 0. The van der Waals surface area contributed by atoms with Crippen LogP contribution in [0.4, 0.5) is 5.69 Å². The molecule has 134 valence electrons. The van der Waals surface area contributed by atoms with E-state index in [9.17, 15) is 0 Å². The largest absolute Gasteiger partial charge is 0.489 e. The molecule has 27 heavy (non-hydrogen) atoms. The number of nitrogens with one attached hydrogen (secondary N) is 1. The normalized spacial score (nSPS) is 10.7. The number of fused-ring (bicyclic) bond motifs is 1. The van der Waals surface area contributed by atoms with Crippen LogP contribution in [0.25, 0.3) is 10.8 Å². The van der Waals surface area contributed by atoms with E-state index >= 15 is 0 Å². The molecule has 0 atom stereocenters. The highest BCUT2D eigenvalue weighted by Crippen LogP contribution is 2.29. The zero-order valence-electron chi connectivity index (χ0n) is 15.5. The highest BCUT2D eigenvalue weighted by molar-refractivity contribution is 5.88. The monoisotopic (exact) mass is 353 g/mol. The van der Waals surface area contributed by atoms with Gasteiger partial charge in [-0.25, -0.2) is 0 Å². The molecule has 0 aliphatic heterocycles. The van der Waals surface area contributed by atoms with Crippen molar-refractivity contribution in [3.8, 4) is 5.75 Å². The molecule has 0 aromatic heterocycles. The van der Waals surface area contributed by atoms with Gasteiger partial charge in [-0.15, -0.1) is 0 Å². The molecule has 0 aliphatic carbocycles. The van der Waals surface area contributed by atoms with Crippen molar-refractivity contribution < 1.29 is 4.74 Å². The summed E-state index contributed by atoms with van der Waals surface area (Å²) in [7, 11) is 0. The highest BCUT2D eigenvalue weighted by Gasteiger charge is 2.09. The van der Waals surface area contributed by atoms with Crippen molar-refractivity contribution in [2.75, 3.05) is 5.32 Å². The standard InChI is InChI=1S/C25H23NO/c1-19-8-7-9-20(16-19)18-27-25-15-14-21-10-5-6-13-23(21)24(25)17-26-22-11-3-2-4-12-22/h2-16,26H,17-18H2,1H3. The summed E-state index contributed by atoms with van der Waals surface area (Å²) in [5, 5.41) is 5.97. The zero-order chi connectivity index (χ0) is 18.5. The average molecular weight is 353 g/mol. The van der Waals surface area contributed by atoms with Crippen LogP contribution in [-0.2, 0) is 13.2 Å². The second kappa shape index (κ2) is 7.96. The topological polar surface area (TPSA) is 21.3 Å². The van der Waals surface area contributed by atoms with Gasteiger partial charge in [0.05, 0.1) is 0 Å². The van der Waals surface area contributed by atoms with E-state index in [0.717, 1.165) is 11.4 Å². The number of rotatable bonds is 6. The van der Waals surface area contributed by atoms with Crippen molar-refractivity contribution in [1.29, 1.82) is 0 Å². The van der Waals surface area contributed by atoms with Crippen LogP contribution in [0.2, 0.25) is 0 Å². The van der Waals surface area contributed by atoms with Crippen LogP contribution in [0.5, 0.6) is 5.75 Å². The Labute approximate surface area is 160 Å². The first-order valence-corrected chi connectivity index (χ1v) is 9.27. The molecule has 0 amide bonds. The smallest absolute Gasteiger partial charge is 0.125 e. The minimum Gasteiger partial charge on any atom is -0.489 e. The van der Waals surface area contributed by atoms with Gasteiger partial charge < -0.3 is 10.1 Å². The van der Waals surface area contributed by atoms with Crippen LogP contribution in [0.3, 0.4) is 0 Å². The van der Waals surface area contributed by atoms with E-state index in [2.05, 4.69) is 85.0 Å². The molecule has 0 saturated carbocycles. The number of para-hydroxylation sites is 1. The van der Waals surface area contributed by atoms with Crippen LogP contribution in [0.1, 0.15) is 16.7 Å². The maximum absolute atomic E-state index is 6.23. The second-order valence-corrected chi connectivity index (χ2v) is 6.76. The van der Waals surface area contributed by atoms with Crippen molar-refractivity contribution in [3.63, 3.8) is 0 Å². The molecular formula is C25H23NO. The van der Waals surface area contributed by atoms with Gasteiger partial charge in [0.2, 0.25) is 0 Å². The number of hydrogen-bond donors (Lipinski definition) is 1. The molecule has 0 fully saturated rings. The van der Waals surface area contributed by atoms with Gasteiger partial charge in [-0.1, -0.05) is 78.4 Å². The third-order valence-electron chi connectivity index (χ3n) is 4.72. The lowest BCUT2D eigenvalue weighted by Gasteiger charge is -2.16. The van der Waals surface area contributed by atoms with Crippen LogP contribution in [0, 0.1) is 6.92 Å². The first-order chi connectivity index (χ1) is 13.3. The fourth-order valence-electron chi connectivity index (χ4n) is 3.34. The van der Waals surface area contributed by atoms with Gasteiger partial charge in [0.25, 0.3) is 0 Å². The fourth-order valence-corrected chi connectivity index (χ4v) is 3.34. The van der Waals surface area contributed by atoms with Crippen LogP contribution >= 0.6 is 0 Å². The first-order valence-electron chi connectivity index (χ1n) is 9.27. The lowest BCUT2D eigenvalue weighted by atomic mass is 10.0. The minimum atomic E-state index is 0.568. The van der Waals surface area contributed by atoms with Gasteiger partial charge in [-0.05, 0) is 41.5 Å². The minimum absolute atomic E-state index is 0.568. The summed E-state index contributed by atoms with van der Waals surface area (Å²) < 4.78 is 6.23. The molecule has 1 N–H and O–H groups in total. The van der Waals surface area contributed by atoms with E-state index in [1.165, 1.54) is 27.5 Å². The number of hydrogen-bond acceptors (Lipinski definition) is 2. The Morgan fingerprint density at radius 1 is 0.778 bits per heavy atom. The maximum Gasteiger partial charge on any atom is 0.125 e. The van der Waals surface area contributed by atoms with Gasteiger partial charge in [0, 0.05) is 17.8 Å². The Kier molecular flexibility index (Phi) is 5.06. The molecule has 4 rings (SSSR count). The van der Waals surface area contributed by atoms with E-state index in [4.69, 9.17) is 4.74 Å². The van der Waals surface area contributed by atoms with E-state index in [1.54, 1.807) is 0 Å². The van der Waals surface area contributed by atoms with Crippen molar-refractivity contribution in [2.24, 2.45) is 0 Å². The molecule has 2 nitrogen and oxygen atoms in total. The van der Waals surface area contributed by atoms with Crippen molar-refractivity contribution in [2.45, 2.75) is 20.1 Å². The predicted octanol–water partition coefficient (Wildman–Crippen LogP) is 6.34. The van der Waals surface area contributed by atoms with Gasteiger partial charge in [0.15, 0.2) is 0 Å². The van der Waals surface area contributed by atoms with E-state index in [-0.39, 0.29) is 0 Å². The van der Waals surface area contributed by atoms with Gasteiger partial charge in [-0.3, -0.25) is 0 Å². The maximum atomic E-state index is 6.23. The Morgan fingerprint density at radius 3 is 2.44 bits per heavy atom. The summed E-state index contributed by atoms with van der Waals surface area (Å²) in [6, 6.07) is 31.4. The van der Waals surface area contributed by atoms with E-state index in [1.807, 2.05) is 18.2 Å². The first kappa shape index (κ1) is 17.2. The van der Waals surface area contributed by atoms with Crippen molar-refractivity contribution >= 4 is 16.5 Å². The van der Waals surface area contributed by atoms with Gasteiger partial charge >= 0.3 is 0 Å². The molecule has 0 aliphatic rings. The summed E-state index contributed by atoms with van der Waals surface area (Å²) in [5.41, 5.74) is 4.73. The summed E-state index contributed by atoms with van der Waals surface area (Å²) in [6.45, 7) is 3.39. The molecule has 4 aromatic rings. The van der Waals surface area contributed by atoms with Crippen LogP contribution in [-0.4, -0.2) is 0 Å². The lowest BCUT2D eigenvalue weighted by molar-refractivity contribution is 0.304. The van der Waals surface area contributed by atoms with Gasteiger partial charge in [0.1, 0.15) is 12.4 Å². The molecule has 4 aromatic carbocycles. The number of aryl methyl sites for hydroxylation is 1. The molecule has 0 saturated heterocycles. The Bertz CT molecular complexity index is 1040. The Morgan fingerprint density at radius 2 is 1.59 bits per heavy atom. The van der Waals surface area contributed by atoms with E-state index in [0.29, 0.717) is 13.2 Å². The fraction of sp³-hybridized carbons (Fsp3) is 0.120. The third kappa shape index (κ3) is 4.12. The van der Waals surface area contributed by atoms with Crippen LogP contribution < -0.4 is 10.1 Å². The SMILES string of the molecule is Cc1cccc(COc2ccc3ccccc3c2CNc2ccccc2)c1. The zero-order valence-corrected chi connectivity index (χ0v) is 15.5. The second-order valence-electron chi connectivity index (χ2n) is 6.76. The summed E-state index contributed by atoms with van der Waals surface area (Å²) in [6.07, 6.45) is 0. The molecule has 0 radical (unpaired) electrons. The molecule has 0 unspecified atom stereocenters. The quantitative estimate of drug-likeness (QED) is 0.437. The van der Waals surface area contributed by atoms with Crippen molar-refractivity contribution in [3.05, 3.63) is 108 Å². The molecular weight excluding hydrogens is 330 g/mol. The highest BCUT2D eigenvalue weighted by atomic mass is 16.5. The summed E-state index contributed by atoms with van der Waals surface area (Å²) in [5.74, 6) is 0.929. The predicted molar refractivity (Wildman–Crippen MR) is 113 cm³/mol. The number of ether oxygens (including phenoxy) is 1. The molecule has 0 bridgehead atoms. The number of benzene rings is 4. The summed E-state index contributed by atoms with van der Waals surface area (Å²) in [4.78, 5) is 0. The number of anilines is 1. The molecule has 0 heterocycles. The molecule has 0 spiro atoms. The van der Waals surface area contributed by atoms with Crippen molar-refractivity contribution in [1.82, 2.24) is 0 Å². The van der Waals surface area contributed by atoms with E-state index < -0.39 is 0 Å². The Hall–Kier alpha value is -3.26.